The van der Waals surface area contributed by atoms with Gasteiger partial charge in [-0.25, -0.2) is 4.79 Å². The zero-order valence-electron chi connectivity index (χ0n) is 13.9. The summed E-state index contributed by atoms with van der Waals surface area (Å²) in [5.41, 5.74) is 0.686. The number of carbonyl (C=O) groups is 1. The van der Waals surface area contributed by atoms with E-state index >= 15 is 0 Å². The van der Waals surface area contributed by atoms with Crippen LogP contribution in [0.4, 0.5) is 11.4 Å². The van der Waals surface area contributed by atoms with Gasteiger partial charge in [-0.05, 0) is 44.2 Å². The van der Waals surface area contributed by atoms with Crippen molar-refractivity contribution >= 4 is 17.3 Å². The molecule has 0 bridgehead atoms. The van der Waals surface area contributed by atoms with Gasteiger partial charge in [0.25, 0.3) is 5.69 Å². The molecule has 1 heterocycles. The SMILES string of the molecule is CCOC(=O)c1cc(N2CCC(C)C[C@H]2CC)ccc1[N+](=O)[O-]. The number of ether oxygens (including phenoxy) is 1. The van der Waals surface area contributed by atoms with Crippen LogP contribution in [0, 0.1) is 16.0 Å². The minimum Gasteiger partial charge on any atom is -0.462 e. The van der Waals surface area contributed by atoms with E-state index in [2.05, 4.69) is 18.7 Å². The third-order valence-corrected chi connectivity index (χ3v) is 4.45. The number of anilines is 1. The molecule has 1 aromatic rings. The summed E-state index contributed by atoms with van der Waals surface area (Å²) in [4.78, 5) is 24.9. The number of hydrogen-bond acceptors (Lipinski definition) is 5. The molecular formula is C17H24N2O4. The molecule has 1 fully saturated rings. The number of hydrogen-bond donors (Lipinski definition) is 0. The van der Waals surface area contributed by atoms with Gasteiger partial charge in [-0.1, -0.05) is 13.8 Å². The number of nitrogens with zero attached hydrogens (tertiary/aromatic N) is 2. The maximum Gasteiger partial charge on any atom is 0.345 e. The summed E-state index contributed by atoms with van der Waals surface area (Å²) in [5, 5.41) is 11.2. The van der Waals surface area contributed by atoms with E-state index in [-0.39, 0.29) is 17.9 Å². The summed E-state index contributed by atoms with van der Waals surface area (Å²) in [7, 11) is 0. The Morgan fingerprint density at radius 2 is 2.17 bits per heavy atom. The highest BCUT2D eigenvalue weighted by Gasteiger charge is 2.28. The Bertz CT molecular complexity index is 588. The Balaban J connectivity index is 2.38. The fraction of sp³-hybridized carbons (Fsp3) is 0.588. The van der Waals surface area contributed by atoms with Gasteiger partial charge in [-0.3, -0.25) is 10.1 Å². The molecule has 0 aromatic heterocycles. The average molecular weight is 320 g/mol. The van der Waals surface area contributed by atoms with Crippen molar-refractivity contribution < 1.29 is 14.5 Å². The van der Waals surface area contributed by atoms with E-state index in [0.29, 0.717) is 12.0 Å². The first-order valence-electron chi connectivity index (χ1n) is 8.20. The monoisotopic (exact) mass is 320 g/mol. The topological polar surface area (TPSA) is 72.7 Å². The molecule has 0 aliphatic carbocycles. The van der Waals surface area contributed by atoms with Gasteiger partial charge in [-0.15, -0.1) is 0 Å². The largest absolute Gasteiger partial charge is 0.462 e. The number of benzene rings is 1. The third kappa shape index (κ3) is 3.81. The van der Waals surface area contributed by atoms with Gasteiger partial charge in [0, 0.05) is 24.3 Å². The van der Waals surface area contributed by atoms with Gasteiger partial charge in [0.2, 0.25) is 0 Å². The molecular weight excluding hydrogens is 296 g/mol. The summed E-state index contributed by atoms with van der Waals surface area (Å²) in [6.07, 6.45) is 3.19. The van der Waals surface area contributed by atoms with E-state index in [0.717, 1.165) is 31.5 Å². The lowest BCUT2D eigenvalue weighted by atomic mass is 9.90. The summed E-state index contributed by atoms with van der Waals surface area (Å²) in [6, 6.07) is 5.15. The van der Waals surface area contributed by atoms with Gasteiger partial charge < -0.3 is 9.64 Å². The molecule has 0 N–H and O–H groups in total. The van der Waals surface area contributed by atoms with E-state index in [1.165, 1.54) is 6.07 Å². The maximum atomic E-state index is 12.1. The molecule has 126 valence electrons. The molecule has 0 saturated carbocycles. The Labute approximate surface area is 136 Å². The Hall–Kier alpha value is -2.11. The van der Waals surface area contributed by atoms with Gasteiger partial charge in [-0.2, -0.15) is 0 Å². The molecule has 2 atom stereocenters. The van der Waals surface area contributed by atoms with Crippen LogP contribution >= 0.6 is 0 Å². The minimum atomic E-state index is -0.639. The second-order valence-corrected chi connectivity index (χ2v) is 6.06. The number of nitro groups is 1. The lowest BCUT2D eigenvalue weighted by molar-refractivity contribution is -0.385. The van der Waals surface area contributed by atoms with Crippen molar-refractivity contribution in [3.63, 3.8) is 0 Å². The molecule has 0 spiro atoms. The molecule has 1 aliphatic heterocycles. The van der Waals surface area contributed by atoms with Crippen LogP contribution in [-0.2, 0) is 4.74 Å². The van der Waals surface area contributed by atoms with Crippen LogP contribution < -0.4 is 4.90 Å². The van der Waals surface area contributed by atoms with E-state index < -0.39 is 10.9 Å². The van der Waals surface area contributed by atoms with Gasteiger partial charge in [0.15, 0.2) is 0 Å². The first-order valence-corrected chi connectivity index (χ1v) is 8.20. The molecule has 0 amide bonds. The molecule has 1 aromatic carbocycles. The van der Waals surface area contributed by atoms with Gasteiger partial charge in [0.1, 0.15) is 5.56 Å². The van der Waals surface area contributed by atoms with Crippen molar-refractivity contribution in [2.45, 2.75) is 46.1 Å². The van der Waals surface area contributed by atoms with Crippen LogP contribution in [-0.4, -0.2) is 30.1 Å². The third-order valence-electron chi connectivity index (χ3n) is 4.45. The normalized spacial score (nSPS) is 21.1. The van der Waals surface area contributed by atoms with Gasteiger partial charge in [0.05, 0.1) is 11.5 Å². The van der Waals surface area contributed by atoms with Crippen molar-refractivity contribution in [2.75, 3.05) is 18.1 Å². The van der Waals surface area contributed by atoms with Gasteiger partial charge >= 0.3 is 5.97 Å². The van der Waals surface area contributed by atoms with E-state index in [9.17, 15) is 14.9 Å². The fourth-order valence-corrected chi connectivity index (χ4v) is 3.21. The molecule has 1 unspecified atom stereocenters. The van der Waals surface area contributed by atoms with Crippen LogP contribution in [0.25, 0.3) is 0 Å². The Morgan fingerprint density at radius 3 is 2.78 bits per heavy atom. The maximum absolute atomic E-state index is 12.1. The first-order chi connectivity index (χ1) is 11.0. The quantitative estimate of drug-likeness (QED) is 0.469. The lowest BCUT2D eigenvalue weighted by Gasteiger charge is -2.40. The number of carbonyl (C=O) groups excluding carboxylic acids is 1. The highest BCUT2D eigenvalue weighted by molar-refractivity contribution is 5.95. The predicted molar refractivity (Wildman–Crippen MR) is 88.9 cm³/mol. The Morgan fingerprint density at radius 1 is 1.43 bits per heavy atom. The van der Waals surface area contributed by atoms with E-state index in [1.54, 1.807) is 19.1 Å². The Kier molecular flexibility index (Phi) is 5.58. The highest BCUT2D eigenvalue weighted by atomic mass is 16.6. The summed E-state index contributed by atoms with van der Waals surface area (Å²) < 4.78 is 4.97. The fourth-order valence-electron chi connectivity index (χ4n) is 3.21. The van der Waals surface area contributed by atoms with Crippen molar-refractivity contribution in [3.8, 4) is 0 Å². The predicted octanol–water partition coefficient (Wildman–Crippen LogP) is 3.79. The number of piperidine rings is 1. The van der Waals surface area contributed by atoms with Crippen molar-refractivity contribution in [3.05, 3.63) is 33.9 Å². The standard InChI is InChI=1S/C17H24N2O4/c1-4-13-10-12(3)8-9-18(13)14-6-7-16(19(21)22)15(11-14)17(20)23-5-2/h6-7,11-13H,4-5,8-10H2,1-3H3/t12?,13-/m1/s1. The van der Waals surface area contributed by atoms with Crippen molar-refractivity contribution in [1.29, 1.82) is 0 Å². The second kappa shape index (κ2) is 7.44. The smallest absolute Gasteiger partial charge is 0.345 e. The number of rotatable bonds is 5. The van der Waals surface area contributed by atoms with Crippen LogP contribution in [0.2, 0.25) is 0 Å². The molecule has 23 heavy (non-hydrogen) atoms. The molecule has 1 aliphatic rings. The highest BCUT2D eigenvalue weighted by Crippen LogP contribution is 2.32. The molecule has 0 radical (unpaired) electrons. The summed E-state index contributed by atoms with van der Waals surface area (Å²) in [6.45, 7) is 7.18. The number of nitro benzene ring substituents is 1. The van der Waals surface area contributed by atoms with Crippen LogP contribution in [0.1, 0.15) is 50.4 Å². The van der Waals surface area contributed by atoms with Crippen LogP contribution in [0.15, 0.2) is 18.2 Å². The molecule has 6 heteroatoms. The molecule has 6 nitrogen and oxygen atoms in total. The van der Waals surface area contributed by atoms with Crippen molar-refractivity contribution in [1.82, 2.24) is 0 Å². The van der Waals surface area contributed by atoms with Crippen molar-refractivity contribution in [2.24, 2.45) is 5.92 Å². The minimum absolute atomic E-state index is 0.0304. The number of esters is 1. The van der Waals surface area contributed by atoms with Crippen LogP contribution in [0.5, 0.6) is 0 Å². The van der Waals surface area contributed by atoms with E-state index in [1.807, 2.05) is 0 Å². The molecule has 1 saturated heterocycles. The first kappa shape index (κ1) is 17.2. The average Bonchev–Trinajstić information content (AvgIpc) is 2.54. The lowest BCUT2D eigenvalue weighted by Crippen LogP contribution is -2.41. The zero-order valence-corrected chi connectivity index (χ0v) is 13.9. The van der Waals surface area contributed by atoms with E-state index in [4.69, 9.17) is 4.74 Å². The van der Waals surface area contributed by atoms with Crippen LogP contribution in [0.3, 0.4) is 0 Å². The second-order valence-electron chi connectivity index (χ2n) is 6.06. The molecule has 2 rings (SSSR count). The summed E-state index contributed by atoms with van der Waals surface area (Å²) in [5.74, 6) is 0.0400. The zero-order chi connectivity index (χ0) is 17.0. The summed E-state index contributed by atoms with van der Waals surface area (Å²) >= 11 is 0.